The molecule has 1 aliphatic carbocycles. The van der Waals surface area contributed by atoms with E-state index in [1.165, 1.54) is 38.5 Å². The molecule has 90 valence electrons. The Labute approximate surface area is 94.6 Å². The molecule has 1 fully saturated rings. The third kappa shape index (κ3) is 4.52. The second-order valence-corrected chi connectivity index (χ2v) is 5.16. The molecule has 0 amide bonds. The number of methoxy groups -OCH3 is 1. The van der Waals surface area contributed by atoms with Gasteiger partial charge in [0.25, 0.3) is 0 Å². The minimum atomic E-state index is 0.795. The van der Waals surface area contributed by atoms with Gasteiger partial charge in [-0.3, -0.25) is 0 Å². The summed E-state index contributed by atoms with van der Waals surface area (Å²) in [4.78, 5) is 0. The van der Waals surface area contributed by atoms with Crippen LogP contribution in [0.3, 0.4) is 0 Å². The van der Waals surface area contributed by atoms with Crippen molar-refractivity contribution in [1.29, 1.82) is 0 Å². The van der Waals surface area contributed by atoms with Crippen molar-refractivity contribution in [3.63, 3.8) is 0 Å². The van der Waals surface area contributed by atoms with E-state index in [2.05, 4.69) is 6.92 Å². The van der Waals surface area contributed by atoms with Gasteiger partial charge in [-0.1, -0.05) is 26.2 Å². The van der Waals surface area contributed by atoms with Crippen molar-refractivity contribution in [3.05, 3.63) is 0 Å². The summed E-state index contributed by atoms with van der Waals surface area (Å²) in [5, 5.41) is 0. The maximum atomic E-state index is 5.84. The van der Waals surface area contributed by atoms with Crippen molar-refractivity contribution in [3.8, 4) is 0 Å². The highest BCUT2D eigenvalue weighted by Gasteiger charge is 2.26. The predicted molar refractivity (Wildman–Crippen MR) is 64.8 cm³/mol. The number of ether oxygens (including phenoxy) is 1. The molecule has 0 bridgehead atoms. The molecular formula is C13H27NO. The summed E-state index contributed by atoms with van der Waals surface area (Å²) in [6.45, 7) is 4.19. The Balaban J connectivity index is 2.22. The quantitative estimate of drug-likeness (QED) is 0.689. The first-order valence-corrected chi connectivity index (χ1v) is 6.47. The Bertz CT molecular complexity index is 161. The summed E-state index contributed by atoms with van der Waals surface area (Å²) in [5.74, 6) is 2.60. The third-order valence-electron chi connectivity index (χ3n) is 3.88. The van der Waals surface area contributed by atoms with Gasteiger partial charge >= 0.3 is 0 Å². The van der Waals surface area contributed by atoms with Crippen LogP contribution in [0.15, 0.2) is 0 Å². The normalized spacial score (nSPS) is 31.8. The van der Waals surface area contributed by atoms with E-state index in [0.29, 0.717) is 0 Å². The lowest BCUT2D eigenvalue weighted by molar-refractivity contribution is 0.163. The average molecular weight is 213 g/mol. The van der Waals surface area contributed by atoms with Gasteiger partial charge < -0.3 is 10.5 Å². The second-order valence-electron chi connectivity index (χ2n) is 5.16. The van der Waals surface area contributed by atoms with Crippen LogP contribution < -0.4 is 5.73 Å². The van der Waals surface area contributed by atoms with Crippen molar-refractivity contribution >= 4 is 0 Å². The fourth-order valence-electron chi connectivity index (χ4n) is 2.88. The van der Waals surface area contributed by atoms with Crippen LogP contribution in [0.2, 0.25) is 0 Å². The Kier molecular flexibility index (Phi) is 6.26. The molecule has 1 aliphatic rings. The summed E-state index contributed by atoms with van der Waals surface area (Å²) >= 11 is 0. The molecule has 0 aromatic heterocycles. The van der Waals surface area contributed by atoms with Crippen LogP contribution in [0, 0.1) is 17.8 Å². The lowest BCUT2D eigenvalue weighted by Gasteiger charge is -2.34. The Hall–Kier alpha value is -0.0800. The van der Waals surface area contributed by atoms with E-state index in [9.17, 15) is 0 Å². The van der Waals surface area contributed by atoms with Gasteiger partial charge in [0.1, 0.15) is 0 Å². The van der Waals surface area contributed by atoms with Gasteiger partial charge in [0.15, 0.2) is 0 Å². The van der Waals surface area contributed by atoms with Crippen LogP contribution in [0.4, 0.5) is 0 Å². The summed E-state index contributed by atoms with van der Waals surface area (Å²) in [5.41, 5.74) is 5.84. The van der Waals surface area contributed by atoms with Crippen LogP contribution in [-0.4, -0.2) is 20.3 Å². The number of unbranched alkanes of at least 4 members (excludes halogenated alkanes) is 1. The average Bonchev–Trinajstić information content (AvgIpc) is 2.25. The molecule has 2 heteroatoms. The predicted octanol–water partition coefficient (Wildman–Crippen LogP) is 2.81. The van der Waals surface area contributed by atoms with Gasteiger partial charge in [-0.2, -0.15) is 0 Å². The maximum absolute atomic E-state index is 5.84. The standard InChI is InChI=1S/C13H27NO/c1-11-6-7-13(10-14)12(9-11)5-3-4-8-15-2/h11-13H,3-10,14H2,1-2H3. The maximum Gasteiger partial charge on any atom is 0.0462 e. The molecule has 2 N–H and O–H groups in total. The minimum Gasteiger partial charge on any atom is -0.385 e. The highest BCUT2D eigenvalue weighted by Crippen LogP contribution is 2.36. The highest BCUT2D eigenvalue weighted by molar-refractivity contribution is 4.79. The first-order chi connectivity index (χ1) is 7.27. The zero-order chi connectivity index (χ0) is 11.1. The van der Waals surface area contributed by atoms with E-state index in [1.807, 2.05) is 0 Å². The molecule has 0 aromatic rings. The topological polar surface area (TPSA) is 35.2 Å². The summed E-state index contributed by atoms with van der Waals surface area (Å²) in [6.07, 6.45) is 8.01. The number of nitrogens with two attached hydrogens (primary N) is 1. The molecule has 1 saturated carbocycles. The third-order valence-corrected chi connectivity index (χ3v) is 3.88. The highest BCUT2D eigenvalue weighted by atomic mass is 16.5. The lowest BCUT2D eigenvalue weighted by atomic mass is 9.73. The number of rotatable bonds is 6. The number of hydrogen-bond acceptors (Lipinski definition) is 2. The van der Waals surface area contributed by atoms with Crippen molar-refractivity contribution in [2.45, 2.75) is 45.4 Å². The van der Waals surface area contributed by atoms with Gasteiger partial charge in [-0.25, -0.2) is 0 Å². The molecular weight excluding hydrogens is 186 g/mol. The van der Waals surface area contributed by atoms with Crippen LogP contribution in [0.25, 0.3) is 0 Å². The summed E-state index contributed by atoms with van der Waals surface area (Å²) in [6, 6.07) is 0. The Morgan fingerprint density at radius 3 is 2.67 bits per heavy atom. The van der Waals surface area contributed by atoms with Crippen LogP contribution in [-0.2, 0) is 4.74 Å². The fourth-order valence-corrected chi connectivity index (χ4v) is 2.88. The summed E-state index contributed by atoms with van der Waals surface area (Å²) < 4.78 is 5.08. The van der Waals surface area contributed by atoms with Gasteiger partial charge in [0, 0.05) is 13.7 Å². The van der Waals surface area contributed by atoms with Crippen molar-refractivity contribution in [1.82, 2.24) is 0 Å². The zero-order valence-corrected chi connectivity index (χ0v) is 10.4. The minimum absolute atomic E-state index is 0.795. The lowest BCUT2D eigenvalue weighted by Crippen LogP contribution is -2.29. The van der Waals surface area contributed by atoms with Gasteiger partial charge in [-0.05, 0) is 43.6 Å². The van der Waals surface area contributed by atoms with E-state index < -0.39 is 0 Å². The van der Waals surface area contributed by atoms with Gasteiger partial charge in [0.05, 0.1) is 0 Å². The molecule has 0 heterocycles. The fraction of sp³-hybridized carbons (Fsp3) is 1.00. The molecule has 3 atom stereocenters. The van der Waals surface area contributed by atoms with E-state index in [0.717, 1.165) is 30.9 Å². The molecule has 15 heavy (non-hydrogen) atoms. The molecule has 0 radical (unpaired) electrons. The van der Waals surface area contributed by atoms with Crippen LogP contribution in [0.1, 0.15) is 45.4 Å². The molecule has 0 saturated heterocycles. The smallest absolute Gasteiger partial charge is 0.0462 e. The van der Waals surface area contributed by atoms with Crippen molar-refractivity contribution < 1.29 is 4.74 Å². The second kappa shape index (κ2) is 7.24. The van der Waals surface area contributed by atoms with E-state index in [1.54, 1.807) is 7.11 Å². The van der Waals surface area contributed by atoms with Crippen molar-refractivity contribution in [2.24, 2.45) is 23.5 Å². The van der Waals surface area contributed by atoms with E-state index in [-0.39, 0.29) is 0 Å². The summed E-state index contributed by atoms with van der Waals surface area (Å²) in [7, 11) is 1.78. The van der Waals surface area contributed by atoms with E-state index in [4.69, 9.17) is 10.5 Å². The Morgan fingerprint density at radius 2 is 2.00 bits per heavy atom. The van der Waals surface area contributed by atoms with Gasteiger partial charge in [-0.15, -0.1) is 0 Å². The largest absolute Gasteiger partial charge is 0.385 e. The first kappa shape index (κ1) is 13.0. The molecule has 3 unspecified atom stereocenters. The van der Waals surface area contributed by atoms with Crippen molar-refractivity contribution in [2.75, 3.05) is 20.3 Å². The first-order valence-electron chi connectivity index (χ1n) is 6.47. The number of hydrogen-bond donors (Lipinski definition) is 1. The molecule has 0 aliphatic heterocycles. The Morgan fingerprint density at radius 1 is 1.20 bits per heavy atom. The molecule has 2 nitrogen and oxygen atoms in total. The molecule has 0 aromatic carbocycles. The SMILES string of the molecule is COCCCCC1CC(C)CCC1CN. The zero-order valence-electron chi connectivity index (χ0n) is 10.4. The molecule has 1 rings (SSSR count). The molecule has 0 spiro atoms. The monoisotopic (exact) mass is 213 g/mol. The van der Waals surface area contributed by atoms with Gasteiger partial charge in [0.2, 0.25) is 0 Å². The van der Waals surface area contributed by atoms with Crippen LogP contribution >= 0.6 is 0 Å². The van der Waals surface area contributed by atoms with Crippen LogP contribution in [0.5, 0.6) is 0 Å². The van der Waals surface area contributed by atoms with E-state index >= 15 is 0 Å².